The lowest BCUT2D eigenvalue weighted by Crippen LogP contribution is -2.35. The largest absolute Gasteiger partial charge is 0.496 e. The van der Waals surface area contributed by atoms with Crippen LogP contribution in [0.15, 0.2) is 22.7 Å². The molecule has 0 aliphatic carbocycles. The van der Waals surface area contributed by atoms with Crippen molar-refractivity contribution in [3.8, 4) is 5.75 Å². The molecule has 0 amide bonds. The minimum Gasteiger partial charge on any atom is -0.496 e. The van der Waals surface area contributed by atoms with Crippen LogP contribution in [0.1, 0.15) is 19.4 Å². The second kappa shape index (κ2) is 7.38. The first-order valence-electron chi connectivity index (χ1n) is 5.81. The highest BCUT2D eigenvalue weighted by Crippen LogP contribution is 2.22. The first-order valence-corrected chi connectivity index (χ1v) is 6.60. The SMILES string of the molecule is CCOC(=O)C(C)NCc1cc(Br)ccc1OC. The van der Waals surface area contributed by atoms with Gasteiger partial charge in [0, 0.05) is 16.6 Å². The van der Waals surface area contributed by atoms with Gasteiger partial charge >= 0.3 is 5.97 Å². The van der Waals surface area contributed by atoms with E-state index in [2.05, 4.69) is 21.2 Å². The van der Waals surface area contributed by atoms with E-state index in [1.54, 1.807) is 21.0 Å². The number of halogens is 1. The number of esters is 1. The molecule has 1 aromatic rings. The topological polar surface area (TPSA) is 47.6 Å². The average molecular weight is 316 g/mol. The zero-order valence-electron chi connectivity index (χ0n) is 10.8. The molecule has 5 heteroatoms. The van der Waals surface area contributed by atoms with Crippen molar-refractivity contribution in [3.05, 3.63) is 28.2 Å². The Morgan fingerprint density at radius 3 is 2.83 bits per heavy atom. The van der Waals surface area contributed by atoms with E-state index in [9.17, 15) is 4.79 Å². The van der Waals surface area contributed by atoms with E-state index in [1.807, 2.05) is 18.2 Å². The van der Waals surface area contributed by atoms with E-state index < -0.39 is 0 Å². The Morgan fingerprint density at radius 1 is 1.50 bits per heavy atom. The van der Waals surface area contributed by atoms with E-state index >= 15 is 0 Å². The van der Waals surface area contributed by atoms with Gasteiger partial charge in [0.1, 0.15) is 11.8 Å². The molecule has 0 aliphatic heterocycles. The number of nitrogens with one attached hydrogen (secondary N) is 1. The summed E-state index contributed by atoms with van der Waals surface area (Å²) >= 11 is 3.41. The molecule has 0 aromatic heterocycles. The predicted octanol–water partition coefficient (Wildman–Crippen LogP) is 2.50. The fourth-order valence-electron chi connectivity index (χ4n) is 1.50. The summed E-state index contributed by atoms with van der Waals surface area (Å²) in [6.45, 7) is 4.51. The van der Waals surface area contributed by atoms with Crippen LogP contribution >= 0.6 is 15.9 Å². The van der Waals surface area contributed by atoms with Crippen LogP contribution in [-0.4, -0.2) is 25.7 Å². The monoisotopic (exact) mass is 315 g/mol. The smallest absolute Gasteiger partial charge is 0.322 e. The van der Waals surface area contributed by atoms with Gasteiger partial charge in [-0.25, -0.2) is 0 Å². The molecule has 1 unspecified atom stereocenters. The minimum absolute atomic E-state index is 0.244. The number of rotatable bonds is 6. The number of hydrogen-bond donors (Lipinski definition) is 1. The highest BCUT2D eigenvalue weighted by molar-refractivity contribution is 9.10. The zero-order chi connectivity index (χ0) is 13.5. The number of benzene rings is 1. The number of carbonyl (C=O) groups is 1. The Morgan fingerprint density at radius 2 is 2.22 bits per heavy atom. The summed E-state index contributed by atoms with van der Waals surface area (Å²) in [5.74, 6) is 0.549. The van der Waals surface area contributed by atoms with Gasteiger partial charge in [0.25, 0.3) is 0 Å². The number of carbonyl (C=O) groups excluding carboxylic acids is 1. The standard InChI is InChI=1S/C13H18BrNO3/c1-4-18-13(16)9(2)15-8-10-7-11(14)5-6-12(10)17-3/h5-7,9,15H,4,8H2,1-3H3. The molecule has 1 atom stereocenters. The molecular weight excluding hydrogens is 298 g/mol. The van der Waals surface area contributed by atoms with Crippen molar-refractivity contribution in [2.75, 3.05) is 13.7 Å². The van der Waals surface area contributed by atoms with Gasteiger partial charge in [-0.15, -0.1) is 0 Å². The molecule has 0 bridgehead atoms. The van der Waals surface area contributed by atoms with Crippen molar-refractivity contribution in [1.82, 2.24) is 5.32 Å². The van der Waals surface area contributed by atoms with Crippen molar-refractivity contribution in [2.24, 2.45) is 0 Å². The maximum atomic E-state index is 11.5. The average Bonchev–Trinajstić information content (AvgIpc) is 2.36. The quantitative estimate of drug-likeness (QED) is 0.819. The van der Waals surface area contributed by atoms with Crippen LogP contribution < -0.4 is 10.1 Å². The van der Waals surface area contributed by atoms with Crippen LogP contribution in [-0.2, 0) is 16.1 Å². The summed E-state index contributed by atoms with van der Waals surface area (Å²) in [6, 6.07) is 5.42. The third-order valence-corrected chi connectivity index (χ3v) is 2.97. The van der Waals surface area contributed by atoms with Gasteiger partial charge in [0.15, 0.2) is 0 Å². The molecule has 1 aromatic carbocycles. The van der Waals surface area contributed by atoms with E-state index in [0.29, 0.717) is 13.2 Å². The Balaban J connectivity index is 2.62. The summed E-state index contributed by atoms with van der Waals surface area (Å²) in [5.41, 5.74) is 0.989. The highest BCUT2D eigenvalue weighted by Gasteiger charge is 2.14. The summed E-state index contributed by atoms with van der Waals surface area (Å²) in [4.78, 5) is 11.5. The van der Waals surface area contributed by atoms with Crippen LogP contribution in [0.2, 0.25) is 0 Å². The fourth-order valence-corrected chi connectivity index (χ4v) is 1.91. The summed E-state index contributed by atoms with van der Waals surface area (Å²) < 4.78 is 11.2. The molecule has 0 aliphatic rings. The normalized spacial score (nSPS) is 12.0. The van der Waals surface area contributed by atoms with Crippen molar-refractivity contribution in [2.45, 2.75) is 26.4 Å². The van der Waals surface area contributed by atoms with Gasteiger partial charge in [-0.2, -0.15) is 0 Å². The lowest BCUT2D eigenvalue weighted by Gasteiger charge is -2.14. The number of ether oxygens (including phenoxy) is 2. The Labute approximate surface area is 116 Å². The van der Waals surface area contributed by atoms with Crippen LogP contribution in [0, 0.1) is 0 Å². The van der Waals surface area contributed by atoms with Crippen LogP contribution in [0.4, 0.5) is 0 Å². The molecule has 0 fully saturated rings. The fraction of sp³-hybridized carbons (Fsp3) is 0.462. The van der Waals surface area contributed by atoms with E-state index in [-0.39, 0.29) is 12.0 Å². The van der Waals surface area contributed by atoms with Gasteiger partial charge in [-0.3, -0.25) is 4.79 Å². The molecule has 100 valence electrons. The maximum Gasteiger partial charge on any atom is 0.322 e. The number of hydrogen-bond acceptors (Lipinski definition) is 4. The molecule has 1 rings (SSSR count). The third-order valence-electron chi connectivity index (χ3n) is 2.48. The van der Waals surface area contributed by atoms with Crippen molar-refractivity contribution < 1.29 is 14.3 Å². The molecule has 18 heavy (non-hydrogen) atoms. The minimum atomic E-state index is -0.339. The van der Waals surface area contributed by atoms with E-state index in [0.717, 1.165) is 15.8 Å². The number of methoxy groups -OCH3 is 1. The Hall–Kier alpha value is -1.07. The van der Waals surface area contributed by atoms with Gasteiger partial charge in [-0.1, -0.05) is 15.9 Å². The second-order valence-electron chi connectivity index (χ2n) is 3.81. The van der Waals surface area contributed by atoms with Crippen molar-refractivity contribution in [1.29, 1.82) is 0 Å². The molecule has 0 heterocycles. The molecular formula is C13H18BrNO3. The summed E-state index contributed by atoms with van der Waals surface area (Å²) in [7, 11) is 1.63. The summed E-state index contributed by atoms with van der Waals surface area (Å²) in [5, 5.41) is 3.11. The first-order chi connectivity index (χ1) is 8.58. The van der Waals surface area contributed by atoms with Crippen molar-refractivity contribution in [3.63, 3.8) is 0 Å². The molecule has 0 radical (unpaired) electrons. The Kier molecular flexibility index (Phi) is 6.15. The van der Waals surface area contributed by atoms with Gasteiger partial charge < -0.3 is 14.8 Å². The first kappa shape index (κ1) is 15.0. The molecule has 0 saturated heterocycles. The molecule has 1 N–H and O–H groups in total. The van der Waals surface area contributed by atoms with Crippen molar-refractivity contribution >= 4 is 21.9 Å². The predicted molar refractivity (Wildman–Crippen MR) is 73.6 cm³/mol. The molecule has 0 spiro atoms. The highest BCUT2D eigenvalue weighted by atomic mass is 79.9. The van der Waals surface area contributed by atoms with Crippen LogP contribution in [0.25, 0.3) is 0 Å². The molecule has 0 saturated carbocycles. The lowest BCUT2D eigenvalue weighted by molar-refractivity contribution is -0.145. The van der Waals surface area contributed by atoms with Gasteiger partial charge in [0.2, 0.25) is 0 Å². The summed E-state index contributed by atoms with van der Waals surface area (Å²) in [6.07, 6.45) is 0. The van der Waals surface area contributed by atoms with Gasteiger partial charge in [-0.05, 0) is 32.0 Å². The second-order valence-corrected chi connectivity index (χ2v) is 4.73. The Bertz CT molecular complexity index is 409. The van der Waals surface area contributed by atoms with Crippen LogP contribution in [0.3, 0.4) is 0 Å². The zero-order valence-corrected chi connectivity index (χ0v) is 12.4. The van der Waals surface area contributed by atoms with E-state index in [1.165, 1.54) is 0 Å². The lowest BCUT2D eigenvalue weighted by atomic mass is 10.2. The third kappa shape index (κ3) is 4.31. The van der Waals surface area contributed by atoms with E-state index in [4.69, 9.17) is 9.47 Å². The van der Waals surface area contributed by atoms with Crippen LogP contribution in [0.5, 0.6) is 5.75 Å². The van der Waals surface area contributed by atoms with Gasteiger partial charge in [0.05, 0.1) is 13.7 Å². The molecule has 4 nitrogen and oxygen atoms in total. The maximum absolute atomic E-state index is 11.5.